The standard InChI is InChI=1S/C35H37Cl2N3O5S/c1-4-20-38-35(42)32(22-26-10-6-5-7-11-26)39(23-27-12-8-13-28(21-27)45-3)33(41)24-40(31-15-9-14-30(36)34(31)37)46(43,44)29-18-16-25(2)17-19-29/h5-19,21,32H,4,20,22-24H2,1-3H3,(H,38,42)/t32-/m1/s1. The Morgan fingerprint density at radius 1 is 0.891 bits per heavy atom. The third-order valence-electron chi connectivity index (χ3n) is 7.40. The van der Waals surface area contributed by atoms with Crippen LogP contribution in [0.3, 0.4) is 0 Å². The lowest BCUT2D eigenvalue weighted by atomic mass is 10.0. The molecule has 0 saturated carbocycles. The van der Waals surface area contributed by atoms with Gasteiger partial charge in [0.1, 0.15) is 18.3 Å². The Bertz CT molecular complexity index is 1750. The Hall–Kier alpha value is -4.05. The highest BCUT2D eigenvalue weighted by atomic mass is 35.5. The van der Waals surface area contributed by atoms with Gasteiger partial charge in [0.05, 0.1) is 27.7 Å². The third kappa shape index (κ3) is 8.60. The minimum Gasteiger partial charge on any atom is -0.497 e. The van der Waals surface area contributed by atoms with E-state index >= 15 is 0 Å². The molecule has 0 aliphatic carbocycles. The molecule has 0 fully saturated rings. The fraction of sp³-hybridized carbons (Fsp3) is 0.257. The van der Waals surface area contributed by atoms with Crippen LogP contribution in [0.25, 0.3) is 0 Å². The molecule has 46 heavy (non-hydrogen) atoms. The van der Waals surface area contributed by atoms with Gasteiger partial charge in [-0.05, 0) is 60.9 Å². The van der Waals surface area contributed by atoms with Crippen molar-refractivity contribution < 1.29 is 22.7 Å². The monoisotopic (exact) mass is 681 g/mol. The van der Waals surface area contributed by atoms with Gasteiger partial charge >= 0.3 is 0 Å². The smallest absolute Gasteiger partial charge is 0.264 e. The van der Waals surface area contributed by atoms with Crippen LogP contribution in [0.1, 0.15) is 30.0 Å². The summed E-state index contributed by atoms with van der Waals surface area (Å²) in [5, 5.41) is 3.04. The first-order valence-corrected chi connectivity index (χ1v) is 17.0. The summed E-state index contributed by atoms with van der Waals surface area (Å²) >= 11 is 12.9. The zero-order valence-corrected chi connectivity index (χ0v) is 28.3. The van der Waals surface area contributed by atoms with E-state index in [1.807, 2.05) is 50.2 Å². The van der Waals surface area contributed by atoms with Crippen molar-refractivity contribution in [1.29, 1.82) is 0 Å². The van der Waals surface area contributed by atoms with Crippen molar-refractivity contribution in [3.05, 3.63) is 124 Å². The highest BCUT2D eigenvalue weighted by Crippen LogP contribution is 2.35. The van der Waals surface area contributed by atoms with Crippen LogP contribution < -0.4 is 14.4 Å². The summed E-state index contributed by atoms with van der Waals surface area (Å²) < 4.78 is 34.8. The highest BCUT2D eigenvalue weighted by Gasteiger charge is 2.35. The lowest BCUT2D eigenvalue weighted by Crippen LogP contribution is -2.53. The fourth-order valence-corrected chi connectivity index (χ4v) is 6.80. The van der Waals surface area contributed by atoms with Gasteiger partial charge in [-0.25, -0.2) is 8.42 Å². The van der Waals surface area contributed by atoms with Crippen molar-refractivity contribution in [3.63, 3.8) is 0 Å². The minimum atomic E-state index is -4.32. The van der Waals surface area contributed by atoms with E-state index in [0.29, 0.717) is 24.3 Å². The van der Waals surface area contributed by atoms with Crippen LogP contribution in [0, 0.1) is 6.92 Å². The van der Waals surface area contributed by atoms with E-state index in [2.05, 4.69) is 5.32 Å². The second-order valence-corrected chi connectivity index (χ2v) is 13.4. The number of methoxy groups -OCH3 is 1. The first kappa shape index (κ1) is 34.8. The number of carbonyl (C=O) groups is 2. The third-order valence-corrected chi connectivity index (χ3v) is 9.98. The van der Waals surface area contributed by atoms with Crippen molar-refractivity contribution >= 4 is 50.7 Å². The molecule has 4 aromatic carbocycles. The predicted octanol–water partition coefficient (Wildman–Crippen LogP) is 6.67. The van der Waals surface area contributed by atoms with E-state index in [1.54, 1.807) is 43.5 Å². The number of hydrogen-bond acceptors (Lipinski definition) is 5. The number of nitrogens with zero attached hydrogens (tertiary/aromatic N) is 2. The van der Waals surface area contributed by atoms with Crippen molar-refractivity contribution in [2.24, 2.45) is 0 Å². The largest absolute Gasteiger partial charge is 0.497 e. The second-order valence-electron chi connectivity index (χ2n) is 10.8. The summed E-state index contributed by atoms with van der Waals surface area (Å²) in [5.41, 5.74) is 2.44. The number of hydrogen-bond donors (Lipinski definition) is 1. The SMILES string of the molecule is CCCNC(=O)[C@@H](Cc1ccccc1)N(Cc1cccc(OC)c1)C(=O)CN(c1cccc(Cl)c1Cl)S(=O)(=O)c1ccc(C)cc1. The molecule has 0 unspecified atom stereocenters. The molecule has 1 atom stereocenters. The van der Waals surface area contributed by atoms with E-state index in [4.69, 9.17) is 27.9 Å². The number of ether oxygens (including phenoxy) is 1. The molecule has 2 amide bonds. The lowest BCUT2D eigenvalue weighted by Gasteiger charge is -2.34. The Kier molecular flexibility index (Phi) is 12.1. The predicted molar refractivity (Wildman–Crippen MR) is 183 cm³/mol. The Morgan fingerprint density at radius 2 is 1.57 bits per heavy atom. The molecule has 242 valence electrons. The Morgan fingerprint density at radius 3 is 2.24 bits per heavy atom. The van der Waals surface area contributed by atoms with Gasteiger partial charge in [-0.15, -0.1) is 0 Å². The summed E-state index contributed by atoms with van der Waals surface area (Å²) in [5.74, 6) is -0.382. The topological polar surface area (TPSA) is 96.0 Å². The molecule has 0 radical (unpaired) electrons. The number of amides is 2. The van der Waals surface area contributed by atoms with Crippen LogP contribution in [0.5, 0.6) is 5.75 Å². The fourth-order valence-electron chi connectivity index (χ4n) is 4.92. The molecule has 0 aromatic heterocycles. The number of nitrogens with one attached hydrogen (secondary N) is 1. The number of sulfonamides is 1. The molecule has 11 heteroatoms. The first-order chi connectivity index (χ1) is 22.0. The summed E-state index contributed by atoms with van der Waals surface area (Å²) in [6, 6.07) is 26.5. The molecule has 0 bridgehead atoms. The van der Waals surface area contributed by atoms with Gasteiger partial charge in [-0.3, -0.25) is 13.9 Å². The number of halogens is 2. The van der Waals surface area contributed by atoms with Crippen LogP contribution in [0.2, 0.25) is 10.0 Å². The number of benzene rings is 4. The van der Waals surface area contributed by atoms with E-state index in [-0.39, 0.29) is 39.5 Å². The Labute approximate surface area is 280 Å². The quantitative estimate of drug-likeness (QED) is 0.160. The van der Waals surface area contributed by atoms with Gasteiger partial charge in [0.15, 0.2) is 0 Å². The second kappa shape index (κ2) is 16.0. The van der Waals surface area contributed by atoms with E-state index < -0.39 is 28.5 Å². The van der Waals surface area contributed by atoms with Gasteiger partial charge in [-0.1, -0.05) is 96.4 Å². The van der Waals surface area contributed by atoms with Crippen LogP contribution in [0.15, 0.2) is 102 Å². The van der Waals surface area contributed by atoms with E-state index in [0.717, 1.165) is 15.4 Å². The lowest BCUT2D eigenvalue weighted by molar-refractivity contribution is -0.140. The molecular weight excluding hydrogens is 645 g/mol. The maximum absolute atomic E-state index is 14.6. The average Bonchev–Trinajstić information content (AvgIpc) is 3.06. The maximum Gasteiger partial charge on any atom is 0.264 e. The first-order valence-electron chi connectivity index (χ1n) is 14.8. The summed E-state index contributed by atoms with van der Waals surface area (Å²) in [7, 11) is -2.78. The van der Waals surface area contributed by atoms with Gasteiger partial charge in [-0.2, -0.15) is 0 Å². The van der Waals surface area contributed by atoms with Crippen LogP contribution in [0.4, 0.5) is 5.69 Å². The molecule has 0 aliphatic rings. The Balaban J connectivity index is 1.83. The molecule has 4 rings (SSSR count). The molecular formula is C35H37Cl2N3O5S. The number of carbonyl (C=O) groups excluding carboxylic acids is 2. The number of anilines is 1. The van der Waals surface area contributed by atoms with Crippen molar-refractivity contribution in [2.75, 3.05) is 24.5 Å². The van der Waals surface area contributed by atoms with Crippen molar-refractivity contribution in [1.82, 2.24) is 10.2 Å². The van der Waals surface area contributed by atoms with Gasteiger partial charge in [0.25, 0.3) is 10.0 Å². The zero-order chi connectivity index (χ0) is 33.3. The average molecular weight is 683 g/mol. The van der Waals surface area contributed by atoms with E-state index in [9.17, 15) is 18.0 Å². The van der Waals surface area contributed by atoms with Crippen LogP contribution in [-0.2, 0) is 32.6 Å². The van der Waals surface area contributed by atoms with Gasteiger partial charge < -0.3 is 15.0 Å². The van der Waals surface area contributed by atoms with Crippen LogP contribution in [-0.4, -0.2) is 51.4 Å². The zero-order valence-electron chi connectivity index (χ0n) is 26.0. The highest BCUT2D eigenvalue weighted by molar-refractivity contribution is 7.92. The van der Waals surface area contributed by atoms with Crippen molar-refractivity contribution in [2.45, 2.75) is 44.2 Å². The molecule has 0 saturated heterocycles. The van der Waals surface area contributed by atoms with Gasteiger partial charge in [0, 0.05) is 19.5 Å². The van der Waals surface area contributed by atoms with E-state index in [1.165, 1.54) is 29.2 Å². The van der Waals surface area contributed by atoms with Crippen LogP contribution >= 0.6 is 23.2 Å². The van der Waals surface area contributed by atoms with Gasteiger partial charge in [0.2, 0.25) is 11.8 Å². The molecule has 8 nitrogen and oxygen atoms in total. The summed E-state index contributed by atoms with van der Waals surface area (Å²) in [4.78, 5) is 29.7. The number of aryl methyl sites for hydroxylation is 1. The molecule has 0 spiro atoms. The molecule has 4 aromatic rings. The summed E-state index contributed by atoms with van der Waals surface area (Å²) in [6.45, 7) is 3.56. The van der Waals surface area contributed by atoms with Crippen molar-refractivity contribution in [3.8, 4) is 5.75 Å². The molecule has 0 heterocycles. The summed E-state index contributed by atoms with van der Waals surface area (Å²) in [6.07, 6.45) is 0.901. The number of rotatable bonds is 14. The normalized spacial score (nSPS) is 11.8. The molecule has 1 N–H and O–H groups in total. The molecule has 0 aliphatic heterocycles. The maximum atomic E-state index is 14.6. The minimum absolute atomic E-state index is 0.00871.